The number of hydrogen-bond donors (Lipinski definition) is 1. The fourth-order valence-corrected chi connectivity index (χ4v) is 5.20. The molecule has 0 aliphatic rings. The minimum atomic E-state index is -4.61. The number of halogens is 3. The predicted molar refractivity (Wildman–Crippen MR) is 128 cm³/mol. The summed E-state index contributed by atoms with van der Waals surface area (Å²) in [5.74, 6) is -1.28. The Morgan fingerprint density at radius 3 is 2.14 bits per heavy atom. The van der Waals surface area contributed by atoms with Gasteiger partial charge in [-0.3, -0.25) is 0 Å². The molecular formula is C24H22F3NO7S2. The number of benzene rings is 3. The van der Waals surface area contributed by atoms with Crippen LogP contribution < -0.4 is 4.74 Å². The summed E-state index contributed by atoms with van der Waals surface area (Å²) in [6.07, 6.45) is -3.62. The van der Waals surface area contributed by atoms with Gasteiger partial charge >= 0.3 is 12.1 Å². The molecular weight excluding hydrogens is 535 g/mol. The molecule has 0 fully saturated rings. The molecule has 13 heteroatoms. The van der Waals surface area contributed by atoms with Crippen molar-refractivity contribution in [3.05, 3.63) is 77.9 Å². The second-order valence-corrected chi connectivity index (χ2v) is 12.2. The Morgan fingerprint density at radius 2 is 1.57 bits per heavy atom. The van der Waals surface area contributed by atoms with E-state index in [2.05, 4.69) is 0 Å². The highest BCUT2D eigenvalue weighted by atomic mass is 32.2. The molecule has 0 saturated carbocycles. The first-order valence-corrected chi connectivity index (χ1v) is 13.8. The Hall–Kier alpha value is -3.42. The number of alkyl halides is 3. The number of carbonyl (C=O) groups is 1. The highest BCUT2D eigenvalue weighted by Gasteiger charge is 2.31. The number of rotatable bonds is 9. The van der Waals surface area contributed by atoms with Gasteiger partial charge in [-0.15, -0.1) is 0 Å². The Bertz CT molecular complexity index is 1520. The third kappa shape index (κ3) is 6.87. The maximum atomic E-state index is 13.3. The van der Waals surface area contributed by atoms with E-state index in [1.807, 2.05) is 0 Å². The summed E-state index contributed by atoms with van der Waals surface area (Å²) in [5, 5.41) is 8.94. The highest BCUT2D eigenvalue weighted by Crippen LogP contribution is 2.36. The van der Waals surface area contributed by atoms with Gasteiger partial charge in [0.25, 0.3) is 0 Å². The van der Waals surface area contributed by atoms with E-state index >= 15 is 0 Å². The second-order valence-electron chi connectivity index (χ2n) is 8.10. The van der Waals surface area contributed by atoms with Gasteiger partial charge in [-0.2, -0.15) is 17.5 Å². The van der Waals surface area contributed by atoms with Crippen LogP contribution in [0, 0.1) is 0 Å². The zero-order chi connectivity index (χ0) is 27.6. The molecule has 0 aliphatic heterocycles. The van der Waals surface area contributed by atoms with Crippen LogP contribution in [0.15, 0.2) is 76.5 Å². The molecule has 0 aromatic heterocycles. The van der Waals surface area contributed by atoms with E-state index in [0.29, 0.717) is 5.56 Å². The second kappa shape index (κ2) is 10.5. The van der Waals surface area contributed by atoms with Crippen LogP contribution >= 0.6 is 0 Å². The smallest absolute Gasteiger partial charge is 0.416 e. The van der Waals surface area contributed by atoms with Crippen molar-refractivity contribution in [2.45, 2.75) is 22.5 Å². The lowest BCUT2D eigenvalue weighted by atomic mass is 9.99. The molecule has 0 unspecified atom stereocenters. The molecule has 3 aromatic carbocycles. The van der Waals surface area contributed by atoms with E-state index in [0.717, 1.165) is 22.7 Å². The largest absolute Gasteiger partial charge is 0.481 e. The van der Waals surface area contributed by atoms with Gasteiger partial charge in [-0.05, 0) is 59.7 Å². The molecule has 37 heavy (non-hydrogen) atoms. The van der Waals surface area contributed by atoms with Crippen molar-refractivity contribution in [1.29, 1.82) is 0 Å². The summed E-state index contributed by atoms with van der Waals surface area (Å²) >= 11 is 0. The van der Waals surface area contributed by atoms with Crippen LogP contribution in [0.25, 0.3) is 11.1 Å². The van der Waals surface area contributed by atoms with E-state index in [4.69, 9.17) is 9.84 Å². The lowest BCUT2D eigenvalue weighted by molar-refractivity contribution is -0.139. The van der Waals surface area contributed by atoms with Gasteiger partial charge in [0.05, 0.1) is 15.4 Å². The average Bonchev–Trinajstić information content (AvgIpc) is 2.82. The van der Waals surface area contributed by atoms with E-state index in [-0.39, 0.29) is 33.2 Å². The molecule has 0 aliphatic carbocycles. The van der Waals surface area contributed by atoms with Crippen LogP contribution in [0.4, 0.5) is 13.2 Å². The van der Waals surface area contributed by atoms with Crippen molar-refractivity contribution < 1.29 is 44.6 Å². The fourth-order valence-electron chi connectivity index (χ4n) is 3.41. The molecule has 0 atom stereocenters. The van der Waals surface area contributed by atoms with Gasteiger partial charge < -0.3 is 9.84 Å². The number of sulfonamides is 1. The number of ether oxygens (including phenoxy) is 1. The topological polar surface area (TPSA) is 118 Å². The molecule has 1 N–H and O–H groups in total. The van der Waals surface area contributed by atoms with Crippen LogP contribution in [-0.4, -0.2) is 52.1 Å². The maximum absolute atomic E-state index is 13.3. The zero-order valence-electron chi connectivity index (χ0n) is 19.6. The van der Waals surface area contributed by atoms with Crippen LogP contribution in [-0.2, 0) is 37.4 Å². The molecule has 0 amide bonds. The van der Waals surface area contributed by atoms with Gasteiger partial charge in [0.1, 0.15) is 5.75 Å². The molecule has 0 radical (unpaired) electrons. The van der Waals surface area contributed by atoms with Crippen molar-refractivity contribution in [3.8, 4) is 16.9 Å². The molecule has 198 valence electrons. The molecule has 8 nitrogen and oxygen atoms in total. The lowest BCUT2D eigenvalue weighted by Gasteiger charge is -2.19. The van der Waals surface area contributed by atoms with Crippen LogP contribution in [0.1, 0.15) is 11.1 Å². The summed E-state index contributed by atoms with van der Waals surface area (Å²) in [5.41, 5.74) is -0.294. The molecule has 3 aromatic rings. The summed E-state index contributed by atoms with van der Waals surface area (Å²) in [6, 6.07) is 13.3. The minimum Gasteiger partial charge on any atom is -0.481 e. The molecule has 0 bridgehead atoms. The van der Waals surface area contributed by atoms with E-state index in [1.54, 1.807) is 0 Å². The number of nitrogens with zero attached hydrogens (tertiary/aromatic N) is 1. The first-order chi connectivity index (χ1) is 17.1. The molecule has 0 spiro atoms. The van der Waals surface area contributed by atoms with Gasteiger partial charge in [-0.25, -0.2) is 21.6 Å². The summed E-state index contributed by atoms with van der Waals surface area (Å²) < 4.78 is 95.3. The van der Waals surface area contributed by atoms with Crippen molar-refractivity contribution in [2.24, 2.45) is 0 Å². The molecule has 3 rings (SSSR count). The number of carboxylic acid groups (broad SMARTS) is 1. The van der Waals surface area contributed by atoms with Gasteiger partial charge in [0.15, 0.2) is 16.4 Å². The standard InChI is InChI=1S/C24H22F3NO7S2/c1-28(37(33,34)20-9-7-19(8-10-20)36(2,31)32)14-16-6-11-22(35-15-23(29)30)21(12-16)17-4-3-5-18(13-17)24(25,26)27/h3-13H,14-15H2,1-2H3,(H,29,30). The number of carboxylic acids is 1. The molecule has 0 saturated heterocycles. The summed E-state index contributed by atoms with van der Waals surface area (Å²) in [6.45, 7) is -0.926. The van der Waals surface area contributed by atoms with Gasteiger partial charge in [0, 0.05) is 25.4 Å². The van der Waals surface area contributed by atoms with Crippen molar-refractivity contribution >= 4 is 25.8 Å². The van der Waals surface area contributed by atoms with Gasteiger partial charge in [-0.1, -0.05) is 18.2 Å². The molecule has 0 heterocycles. The Morgan fingerprint density at radius 1 is 0.946 bits per heavy atom. The minimum absolute atomic E-state index is 0.00680. The Kier molecular flexibility index (Phi) is 8.00. The van der Waals surface area contributed by atoms with Crippen molar-refractivity contribution in [1.82, 2.24) is 4.31 Å². The SMILES string of the molecule is CN(Cc1ccc(OCC(=O)O)c(-c2cccc(C(F)(F)F)c2)c1)S(=O)(=O)c1ccc(S(C)(=O)=O)cc1. The van der Waals surface area contributed by atoms with E-state index in [1.165, 1.54) is 61.6 Å². The fraction of sp³-hybridized carbons (Fsp3) is 0.208. The highest BCUT2D eigenvalue weighted by molar-refractivity contribution is 7.90. The van der Waals surface area contributed by atoms with E-state index in [9.17, 15) is 34.8 Å². The van der Waals surface area contributed by atoms with Crippen molar-refractivity contribution in [2.75, 3.05) is 19.9 Å². The normalized spacial score (nSPS) is 12.5. The van der Waals surface area contributed by atoms with Crippen LogP contribution in [0.2, 0.25) is 0 Å². The van der Waals surface area contributed by atoms with Crippen LogP contribution in [0.3, 0.4) is 0 Å². The third-order valence-corrected chi connectivity index (χ3v) is 8.21. The Labute approximate surface area is 211 Å². The lowest BCUT2D eigenvalue weighted by Crippen LogP contribution is -2.26. The summed E-state index contributed by atoms with van der Waals surface area (Å²) in [4.78, 5) is 10.8. The van der Waals surface area contributed by atoms with E-state index < -0.39 is 44.2 Å². The Balaban J connectivity index is 1.97. The van der Waals surface area contributed by atoms with Crippen molar-refractivity contribution in [3.63, 3.8) is 0 Å². The first kappa shape index (κ1) is 28.2. The average molecular weight is 558 g/mol. The quantitative estimate of drug-likeness (QED) is 0.422. The first-order valence-electron chi connectivity index (χ1n) is 10.5. The monoisotopic (exact) mass is 557 g/mol. The zero-order valence-corrected chi connectivity index (χ0v) is 21.2. The number of aliphatic carboxylic acids is 1. The predicted octanol–water partition coefficient (Wildman–Crippen LogP) is 4.06. The summed E-state index contributed by atoms with van der Waals surface area (Å²) in [7, 11) is -6.28. The number of sulfone groups is 1. The maximum Gasteiger partial charge on any atom is 0.416 e. The third-order valence-electron chi connectivity index (χ3n) is 5.26. The van der Waals surface area contributed by atoms with Crippen LogP contribution in [0.5, 0.6) is 5.75 Å². The number of hydrogen-bond acceptors (Lipinski definition) is 6. The van der Waals surface area contributed by atoms with Gasteiger partial charge in [0.2, 0.25) is 10.0 Å².